The Morgan fingerprint density at radius 3 is 2.33 bits per heavy atom. The Morgan fingerprint density at radius 1 is 1.19 bits per heavy atom. The molecule has 0 atom stereocenters. The van der Waals surface area contributed by atoms with Gasteiger partial charge in [0.2, 0.25) is 20.0 Å². The molecule has 0 saturated carbocycles. The van der Waals surface area contributed by atoms with E-state index in [1.165, 1.54) is 26.2 Å². The molecule has 0 unspecified atom stereocenters. The number of alkyl halides is 1. The summed E-state index contributed by atoms with van der Waals surface area (Å²) in [4.78, 5) is 0.0353. The second-order valence-corrected chi connectivity index (χ2v) is 9.10. The average Bonchev–Trinajstić information content (AvgIpc) is 2.38. The van der Waals surface area contributed by atoms with Crippen molar-refractivity contribution in [2.24, 2.45) is 0 Å². The van der Waals surface area contributed by atoms with Gasteiger partial charge in [0.15, 0.2) is 0 Å². The minimum Gasteiger partial charge on any atom is -0.283 e. The van der Waals surface area contributed by atoms with E-state index in [-0.39, 0.29) is 22.2 Å². The number of sulfonamides is 2. The molecular weight excluding hydrogens is 336 g/mol. The molecule has 0 fully saturated rings. The summed E-state index contributed by atoms with van der Waals surface area (Å²) in [5.41, 5.74) is 0.898. The van der Waals surface area contributed by atoms with Crippen LogP contribution in [0.4, 0.5) is 5.69 Å². The molecule has 1 aromatic carbocycles. The van der Waals surface area contributed by atoms with Crippen molar-refractivity contribution in [3.8, 4) is 0 Å². The second-order valence-electron chi connectivity index (χ2n) is 4.73. The highest BCUT2D eigenvalue weighted by molar-refractivity contribution is 7.92. The van der Waals surface area contributed by atoms with Crippen LogP contribution in [0, 0.1) is 6.92 Å². The summed E-state index contributed by atoms with van der Waals surface area (Å²) in [5.74, 6) is 0.134. The third kappa shape index (κ3) is 4.84. The van der Waals surface area contributed by atoms with E-state index in [1.54, 1.807) is 13.0 Å². The monoisotopic (exact) mass is 354 g/mol. The predicted octanol–water partition coefficient (Wildman–Crippen LogP) is 1.62. The van der Waals surface area contributed by atoms with E-state index in [2.05, 4.69) is 4.72 Å². The predicted molar refractivity (Wildman–Crippen MR) is 84.8 cm³/mol. The summed E-state index contributed by atoms with van der Waals surface area (Å²) in [6.45, 7) is 1.70. The second kappa shape index (κ2) is 6.95. The van der Waals surface area contributed by atoms with Gasteiger partial charge >= 0.3 is 0 Å². The minimum atomic E-state index is -3.61. The van der Waals surface area contributed by atoms with Crippen LogP contribution in [0.2, 0.25) is 0 Å². The van der Waals surface area contributed by atoms with Gasteiger partial charge in [-0.3, -0.25) is 4.72 Å². The third-order valence-electron chi connectivity index (χ3n) is 2.80. The third-order valence-corrected chi connectivity index (χ3v) is 6.24. The molecule has 21 heavy (non-hydrogen) atoms. The maximum Gasteiger partial charge on any atom is 0.242 e. The van der Waals surface area contributed by atoms with E-state index in [1.807, 2.05) is 0 Å². The number of halogens is 1. The Balaban J connectivity index is 3.16. The highest BCUT2D eigenvalue weighted by Crippen LogP contribution is 2.23. The molecule has 0 aliphatic heterocycles. The van der Waals surface area contributed by atoms with E-state index < -0.39 is 20.0 Å². The average molecular weight is 355 g/mol. The van der Waals surface area contributed by atoms with Crippen molar-refractivity contribution >= 4 is 37.3 Å². The molecule has 6 nitrogen and oxygen atoms in total. The molecule has 0 aliphatic rings. The van der Waals surface area contributed by atoms with E-state index >= 15 is 0 Å². The van der Waals surface area contributed by atoms with E-state index in [4.69, 9.17) is 11.6 Å². The maximum absolute atomic E-state index is 12.1. The lowest BCUT2D eigenvalue weighted by atomic mass is 10.2. The zero-order valence-corrected chi connectivity index (χ0v) is 14.5. The number of nitrogens with zero attached hydrogens (tertiary/aromatic N) is 1. The topological polar surface area (TPSA) is 83.6 Å². The maximum atomic E-state index is 12.1. The smallest absolute Gasteiger partial charge is 0.242 e. The Bertz CT molecular complexity index is 700. The van der Waals surface area contributed by atoms with Gasteiger partial charge in [-0.25, -0.2) is 21.1 Å². The molecule has 120 valence electrons. The fourth-order valence-electron chi connectivity index (χ4n) is 1.55. The van der Waals surface area contributed by atoms with Gasteiger partial charge in [0.1, 0.15) is 0 Å². The largest absolute Gasteiger partial charge is 0.283 e. The van der Waals surface area contributed by atoms with Gasteiger partial charge in [-0.05, 0) is 31.0 Å². The Hall–Kier alpha value is -0.830. The van der Waals surface area contributed by atoms with Gasteiger partial charge in [-0.1, -0.05) is 6.07 Å². The van der Waals surface area contributed by atoms with Crippen molar-refractivity contribution in [3.63, 3.8) is 0 Å². The first-order chi connectivity index (χ1) is 9.60. The highest BCUT2D eigenvalue weighted by Gasteiger charge is 2.19. The number of aryl methyl sites for hydroxylation is 1. The van der Waals surface area contributed by atoms with Crippen molar-refractivity contribution in [2.45, 2.75) is 18.2 Å². The molecule has 1 aromatic rings. The number of anilines is 1. The van der Waals surface area contributed by atoms with Crippen molar-refractivity contribution in [1.82, 2.24) is 4.31 Å². The highest BCUT2D eigenvalue weighted by atomic mass is 35.5. The van der Waals surface area contributed by atoms with E-state index in [9.17, 15) is 16.8 Å². The summed E-state index contributed by atoms with van der Waals surface area (Å²) in [6, 6.07) is 4.33. The summed E-state index contributed by atoms with van der Waals surface area (Å²) in [5, 5.41) is 0. The number of benzene rings is 1. The van der Waals surface area contributed by atoms with Crippen LogP contribution < -0.4 is 4.72 Å². The standard InChI is InChI=1S/C12H19ClN2O4S2/c1-10-5-6-11(21(18,19)15(2)3)9-12(10)14-20(16,17)8-4-7-13/h5-6,9,14H,4,7-8H2,1-3H3. The Morgan fingerprint density at radius 2 is 1.81 bits per heavy atom. The molecule has 0 aliphatic carbocycles. The summed E-state index contributed by atoms with van der Waals surface area (Å²) in [6.07, 6.45) is 0.325. The summed E-state index contributed by atoms with van der Waals surface area (Å²) in [7, 11) is -4.32. The summed E-state index contributed by atoms with van der Waals surface area (Å²) < 4.78 is 51.4. The number of hydrogen-bond donors (Lipinski definition) is 1. The van der Waals surface area contributed by atoms with Gasteiger partial charge in [0.25, 0.3) is 0 Å². The molecule has 0 radical (unpaired) electrons. The van der Waals surface area contributed by atoms with Crippen LogP contribution in [0.5, 0.6) is 0 Å². The van der Waals surface area contributed by atoms with Crippen LogP contribution in [-0.2, 0) is 20.0 Å². The van der Waals surface area contributed by atoms with Gasteiger partial charge in [-0.2, -0.15) is 0 Å². The van der Waals surface area contributed by atoms with Gasteiger partial charge < -0.3 is 0 Å². The molecule has 0 amide bonds. The first kappa shape index (κ1) is 18.2. The number of hydrogen-bond acceptors (Lipinski definition) is 4. The van der Waals surface area contributed by atoms with Crippen LogP contribution >= 0.6 is 11.6 Å². The lowest BCUT2D eigenvalue weighted by molar-refractivity contribution is 0.520. The molecule has 0 bridgehead atoms. The van der Waals surface area contributed by atoms with E-state index in [0.29, 0.717) is 12.0 Å². The fourth-order valence-corrected chi connectivity index (χ4v) is 3.95. The van der Waals surface area contributed by atoms with Crippen LogP contribution in [0.1, 0.15) is 12.0 Å². The zero-order valence-electron chi connectivity index (χ0n) is 12.1. The molecule has 1 rings (SSSR count). The normalized spacial score (nSPS) is 12.6. The molecule has 1 N–H and O–H groups in total. The van der Waals surface area contributed by atoms with Crippen LogP contribution in [0.3, 0.4) is 0 Å². The molecule has 0 spiro atoms. The molecule has 0 heterocycles. The van der Waals surface area contributed by atoms with Crippen molar-refractivity contribution in [1.29, 1.82) is 0 Å². The molecule has 0 saturated heterocycles. The van der Waals surface area contributed by atoms with Crippen molar-refractivity contribution in [3.05, 3.63) is 23.8 Å². The lowest BCUT2D eigenvalue weighted by Crippen LogP contribution is -2.23. The number of rotatable bonds is 7. The van der Waals surface area contributed by atoms with Crippen molar-refractivity contribution in [2.75, 3.05) is 30.5 Å². The molecular formula is C12H19ClN2O4S2. The van der Waals surface area contributed by atoms with Crippen LogP contribution in [-0.4, -0.2) is 46.9 Å². The Labute approximate surface area is 131 Å². The van der Waals surface area contributed by atoms with Crippen molar-refractivity contribution < 1.29 is 16.8 Å². The minimum absolute atomic E-state index is 0.0353. The fraction of sp³-hybridized carbons (Fsp3) is 0.500. The lowest BCUT2D eigenvalue weighted by Gasteiger charge is -2.15. The quantitative estimate of drug-likeness (QED) is 0.754. The molecule has 0 aromatic heterocycles. The first-order valence-corrected chi connectivity index (χ1v) is 9.82. The SMILES string of the molecule is Cc1ccc(S(=O)(=O)N(C)C)cc1NS(=O)(=O)CCCCl. The van der Waals surface area contributed by atoms with Crippen LogP contribution in [0.15, 0.2) is 23.1 Å². The van der Waals surface area contributed by atoms with Gasteiger partial charge in [0, 0.05) is 20.0 Å². The zero-order chi connectivity index (χ0) is 16.3. The molecule has 9 heteroatoms. The Kier molecular flexibility index (Phi) is 6.03. The van der Waals surface area contributed by atoms with Gasteiger partial charge in [-0.15, -0.1) is 11.6 Å². The first-order valence-electron chi connectivity index (χ1n) is 6.20. The number of nitrogens with one attached hydrogen (secondary N) is 1. The van der Waals surface area contributed by atoms with Crippen LogP contribution in [0.25, 0.3) is 0 Å². The van der Waals surface area contributed by atoms with Gasteiger partial charge in [0.05, 0.1) is 16.3 Å². The van der Waals surface area contributed by atoms with E-state index in [0.717, 1.165) is 4.31 Å². The summed E-state index contributed by atoms with van der Waals surface area (Å²) >= 11 is 5.48.